The second-order valence-corrected chi connectivity index (χ2v) is 9.12. The SMILES string of the molecule is CCCCCCCCC/C=C\CCCCCCCCOCC(CO)OC(=O)CCCCC. The molecule has 1 N–H and O–H groups in total. The third-order valence-corrected chi connectivity index (χ3v) is 5.84. The maximum atomic E-state index is 11.7. The molecule has 1 unspecified atom stereocenters. The Morgan fingerprint density at radius 3 is 1.78 bits per heavy atom. The minimum Gasteiger partial charge on any atom is -0.457 e. The molecule has 0 aromatic rings. The summed E-state index contributed by atoms with van der Waals surface area (Å²) in [5, 5.41) is 9.34. The van der Waals surface area contributed by atoms with Crippen LogP contribution >= 0.6 is 0 Å². The second kappa shape index (κ2) is 26.4. The Morgan fingerprint density at radius 2 is 1.22 bits per heavy atom. The Balaban J connectivity index is 3.35. The summed E-state index contributed by atoms with van der Waals surface area (Å²) in [4.78, 5) is 11.7. The van der Waals surface area contributed by atoms with Gasteiger partial charge in [0, 0.05) is 13.0 Å². The van der Waals surface area contributed by atoms with Crippen molar-refractivity contribution in [2.24, 2.45) is 0 Å². The number of hydrogen-bond acceptors (Lipinski definition) is 4. The normalized spacial score (nSPS) is 12.5. The first-order valence-electron chi connectivity index (χ1n) is 13.8. The third kappa shape index (κ3) is 23.8. The van der Waals surface area contributed by atoms with Gasteiger partial charge in [-0.25, -0.2) is 0 Å². The average Bonchev–Trinajstić information content (AvgIpc) is 2.80. The smallest absolute Gasteiger partial charge is 0.306 e. The van der Waals surface area contributed by atoms with Gasteiger partial charge in [-0.3, -0.25) is 4.79 Å². The number of carbonyl (C=O) groups excluding carboxylic acids is 1. The van der Waals surface area contributed by atoms with Crippen molar-refractivity contribution in [3.63, 3.8) is 0 Å². The molecule has 4 heteroatoms. The van der Waals surface area contributed by atoms with E-state index in [1.54, 1.807) is 0 Å². The van der Waals surface area contributed by atoms with E-state index in [9.17, 15) is 9.90 Å². The molecule has 0 aliphatic rings. The predicted molar refractivity (Wildman–Crippen MR) is 136 cm³/mol. The van der Waals surface area contributed by atoms with E-state index >= 15 is 0 Å². The van der Waals surface area contributed by atoms with E-state index in [0.29, 0.717) is 19.6 Å². The van der Waals surface area contributed by atoms with Gasteiger partial charge < -0.3 is 14.6 Å². The highest BCUT2D eigenvalue weighted by atomic mass is 16.6. The van der Waals surface area contributed by atoms with E-state index in [2.05, 4.69) is 26.0 Å². The van der Waals surface area contributed by atoms with Crippen molar-refractivity contribution in [2.75, 3.05) is 19.8 Å². The molecular formula is C28H54O4. The maximum absolute atomic E-state index is 11.7. The lowest BCUT2D eigenvalue weighted by atomic mass is 10.1. The number of allylic oxidation sites excluding steroid dienone is 2. The largest absolute Gasteiger partial charge is 0.457 e. The van der Waals surface area contributed by atoms with Crippen molar-refractivity contribution in [3.05, 3.63) is 12.2 Å². The van der Waals surface area contributed by atoms with Crippen LogP contribution in [0.2, 0.25) is 0 Å². The summed E-state index contributed by atoms with van der Waals surface area (Å²) >= 11 is 0. The van der Waals surface area contributed by atoms with Gasteiger partial charge in [0.2, 0.25) is 0 Å². The van der Waals surface area contributed by atoms with E-state index in [4.69, 9.17) is 9.47 Å². The van der Waals surface area contributed by atoms with Gasteiger partial charge in [-0.05, 0) is 38.5 Å². The maximum Gasteiger partial charge on any atom is 0.306 e. The molecule has 1 atom stereocenters. The van der Waals surface area contributed by atoms with Gasteiger partial charge in [0.25, 0.3) is 0 Å². The molecule has 190 valence electrons. The predicted octanol–water partition coefficient (Wildman–Crippen LogP) is 7.92. The fraction of sp³-hybridized carbons (Fsp3) is 0.893. The van der Waals surface area contributed by atoms with Crippen molar-refractivity contribution in [1.29, 1.82) is 0 Å². The molecule has 4 nitrogen and oxygen atoms in total. The Morgan fingerprint density at radius 1 is 0.719 bits per heavy atom. The summed E-state index contributed by atoms with van der Waals surface area (Å²) in [5.74, 6) is -0.228. The second-order valence-electron chi connectivity index (χ2n) is 9.12. The van der Waals surface area contributed by atoms with Gasteiger partial charge >= 0.3 is 5.97 Å². The zero-order chi connectivity index (χ0) is 23.5. The Bertz CT molecular complexity index is 408. The van der Waals surface area contributed by atoms with Gasteiger partial charge in [0.05, 0.1) is 13.2 Å². The van der Waals surface area contributed by atoms with Crippen molar-refractivity contribution in [2.45, 2.75) is 142 Å². The fourth-order valence-electron chi connectivity index (χ4n) is 3.73. The van der Waals surface area contributed by atoms with E-state index in [-0.39, 0.29) is 12.6 Å². The van der Waals surface area contributed by atoms with Gasteiger partial charge in [-0.15, -0.1) is 0 Å². The van der Waals surface area contributed by atoms with E-state index in [1.165, 1.54) is 89.9 Å². The summed E-state index contributed by atoms with van der Waals surface area (Å²) < 4.78 is 10.9. The molecular weight excluding hydrogens is 400 g/mol. The molecule has 0 bridgehead atoms. The van der Waals surface area contributed by atoms with Crippen LogP contribution < -0.4 is 0 Å². The molecule has 0 aliphatic heterocycles. The number of carbonyl (C=O) groups is 1. The van der Waals surface area contributed by atoms with E-state index in [0.717, 1.165) is 25.7 Å². The molecule has 0 radical (unpaired) electrons. The van der Waals surface area contributed by atoms with Crippen LogP contribution in [0.4, 0.5) is 0 Å². The van der Waals surface area contributed by atoms with Gasteiger partial charge in [-0.1, -0.05) is 103 Å². The Kier molecular flexibility index (Phi) is 25.7. The van der Waals surface area contributed by atoms with Crippen LogP contribution in [-0.4, -0.2) is 37.0 Å². The molecule has 0 saturated carbocycles. The molecule has 0 amide bonds. The zero-order valence-corrected chi connectivity index (χ0v) is 21.5. The van der Waals surface area contributed by atoms with Crippen molar-refractivity contribution in [3.8, 4) is 0 Å². The highest BCUT2D eigenvalue weighted by Crippen LogP contribution is 2.11. The number of esters is 1. The number of rotatable bonds is 25. The summed E-state index contributed by atoms with van der Waals surface area (Å²) in [6, 6.07) is 0. The molecule has 0 saturated heterocycles. The minimum absolute atomic E-state index is 0.174. The molecule has 0 spiro atoms. The van der Waals surface area contributed by atoms with Crippen LogP contribution in [0, 0.1) is 0 Å². The van der Waals surface area contributed by atoms with Crippen LogP contribution in [0.1, 0.15) is 136 Å². The van der Waals surface area contributed by atoms with E-state index in [1.807, 2.05) is 0 Å². The third-order valence-electron chi connectivity index (χ3n) is 5.84. The first kappa shape index (κ1) is 31.1. The molecule has 0 fully saturated rings. The summed E-state index contributed by atoms with van der Waals surface area (Å²) in [6.07, 6.45) is 27.2. The van der Waals surface area contributed by atoms with Crippen molar-refractivity contribution in [1.82, 2.24) is 0 Å². The lowest BCUT2D eigenvalue weighted by Gasteiger charge is -2.15. The number of hydrogen-bond donors (Lipinski definition) is 1. The van der Waals surface area contributed by atoms with Crippen LogP contribution in [0.15, 0.2) is 12.2 Å². The Labute approximate surface area is 199 Å². The van der Waals surface area contributed by atoms with Crippen molar-refractivity contribution < 1.29 is 19.4 Å². The first-order valence-corrected chi connectivity index (χ1v) is 13.8. The van der Waals surface area contributed by atoms with Gasteiger partial charge in [-0.2, -0.15) is 0 Å². The zero-order valence-electron chi connectivity index (χ0n) is 21.5. The number of unbranched alkanes of at least 4 members (excludes halogenated alkanes) is 15. The minimum atomic E-state index is -0.525. The Hall–Kier alpha value is -0.870. The number of aliphatic hydroxyl groups is 1. The molecule has 32 heavy (non-hydrogen) atoms. The lowest BCUT2D eigenvalue weighted by Crippen LogP contribution is -2.27. The van der Waals surface area contributed by atoms with Crippen LogP contribution in [-0.2, 0) is 14.3 Å². The quantitative estimate of drug-likeness (QED) is 0.0864. The number of aliphatic hydroxyl groups excluding tert-OH is 1. The van der Waals surface area contributed by atoms with Crippen LogP contribution in [0.5, 0.6) is 0 Å². The summed E-state index contributed by atoms with van der Waals surface area (Å²) in [5.41, 5.74) is 0. The van der Waals surface area contributed by atoms with Crippen molar-refractivity contribution >= 4 is 5.97 Å². The lowest BCUT2D eigenvalue weighted by molar-refractivity contribution is -0.154. The van der Waals surface area contributed by atoms with Crippen LogP contribution in [0.25, 0.3) is 0 Å². The highest BCUT2D eigenvalue weighted by Gasteiger charge is 2.13. The van der Waals surface area contributed by atoms with Gasteiger partial charge in [0.15, 0.2) is 0 Å². The summed E-state index contributed by atoms with van der Waals surface area (Å²) in [7, 11) is 0. The standard InChI is InChI=1S/C28H54O4/c1-3-5-7-8-9-10-11-12-13-14-15-16-17-18-19-20-22-24-31-26-27(25-29)32-28(30)23-21-6-4-2/h13-14,27,29H,3-12,15-26H2,1-2H3/b14-13-. The first-order chi connectivity index (χ1) is 15.7. The molecule has 0 aromatic heterocycles. The van der Waals surface area contributed by atoms with Gasteiger partial charge in [0.1, 0.15) is 6.10 Å². The molecule has 0 aliphatic carbocycles. The van der Waals surface area contributed by atoms with E-state index < -0.39 is 6.10 Å². The average molecular weight is 455 g/mol. The van der Waals surface area contributed by atoms with Crippen LogP contribution in [0.3, 0.4) is 0 Å². The molecule has 0 aromatic carbocycles. The molecule has 0 rings (SSSR count). The topological polar surface area (TPSA) is 55.8 Å². The summed E-state index contributed by atoms with van der Waals surface area (Å²) in [6.45, 7) is 5.17. The number of ether oxygens (including phenoxy) is 2. The molecule has 0 heterocycles. The fourth-order valence-corrected chi connectivity index (χ4v) is 3.73. The monoisotopic (exact) mass is 454 g/mol. The highest BCUT2D eigenvalue weighted by molar-refractivity contribution is 5.69.